The second-order valence-corrected chi connectivity index (χ2v) is 4.94. The summed E-state index contributed by atoms with van der Waals surface area (Å²) in [6.07, 6.45) is 7.66. The van der Waals surface area contributed by atoms with Crippen LogP contribution in [0.1, 0.15) is 25.7 Å². The summed E-state index contributed by atoms with van der Waals surface area (Å²) in [6, 6.07) is 0. The standard InChI is InChI=1S/C7H14O2S/c1-10(8,9)7-5-3-2-4-6-7/h5,8-9H,2-4,6H2,1H3. The summed E-state index contributed by atoms with van der Waals surface area (Å²) in [7, 11) is -2.36. The van der Waals surface area contributed by atoms with Gasteiger partial charge in [0.25, 0.3) is 0 Å². The Morgan fingerprint density at radius 3 is 2.40 bits per heavy atom. The van der Waals surface area contributed by atoms with Crippen LogP contribution in [0, 0.1) is 0 Å². The molecule has 0 unspecified atom stereocenters. The van der Waals surface area contributed by atoms with Gasteiger partial charge in [-0.1, -0.05) is 6.08 Å². The van der Waals surface area contributed by atoms with E-state index < -0.39 is 10.6 Å². The number of allylic oxidation sites excluding steroid dienone is 2. The first-order valence-electron chi connectivity index (χ1n) is 3.53. The summed E-state index contributed by atoms with van der Waals surface area (Å²) >= 11 is 0. The lowest BCUT2D eigenvalue weighted by Crippen LogP contribution is -2.01. The van der Waals surface area contributed by atoms with Crippen molar-refractivity contribution >= 4 is 10.6 Å². The van der Waals surface area contributed by atoms with Gasteiger partial charge in [-0.25, -0.2) is 0 Å². The van der Waals surface area contributed by atoms with Gasteiger partial charge in [0.2, 0.25) is 0 Å². The molecule has 0 aromatic rings. The average molecular weight is 162 g/mol. The number of rotatable bonds is 1. The van der Waals surface area contributed by atoms with Crippen molar-refractivity contribution in [1.29, 1.82) is 0 Å². The van der Waals surface area contributed by atoms with E-state index in [2.05, 4.69) is 0 Å². The lowest BCUT2D eigenvalue weighted by molar-refractivity contribution is 0.498. The Morgan fingerprint density at radius 1 is 1.40 bits per heavy atom. The maximum atomic E-state index is 9.21. The molecule has 1 aliphatic carbocycles. The van der Waals surface area contributed by atoms with E-state index in [1.807, 2.05) is 6.08 Å². The monoisotopic (exact) mass is 162 g/mol. The third kappa shape index (κ3) is 2.01. The molecular formula is C7H14O2S. The molecule has 10 heavy (non-hydrogen) atoms. The Bertz CT molecular complexity index is 146. The van der Waals surface area contributed by atoms with Gasteiger partial charge in [0.05, 0.1) is 0 Å². The highest BCUT2D eigenvalue weighted by Gasteiger charge is 2.13. The first-order valence-corrected chi connectivity index (χ1v) is 5.48. The van der Waals surface area contributed by atoms with Crippen molar-refractivity contribution in [2.24, 2.45) is 0 Å². The lowest BCUT2D eigenvalue weighted by Gasteiger charge is -2.31. The Hall–Kier alpha value is 0.0100. The quantitative estimate of drug-likeness (QED) is 0.622. The Kier molecular flexibility index (Phi) is 2.39. The number of hydrogen-bond acceptors (Lipinski definition) is 2. The van der Waals surface area contributed by atoms with Gasteiger partial charge in [0.15, 0.2) is 0 Å². The molecule has 3 heteroatoms. The molecule has 2 N–H and O–H groups in total. The van der Waals surface area contributed by atoms with E-state index in [1.54, 1.807) is 0 Å². The van der Waals surface area contributed by atoms with Gasteiger partial charge in [-0.05, 0) is 25.7 Å². The van der Waals surface area contributed by atoms with E-state index in [1.165, 1.54) is 12.7 Å². The van der Waals surface area contributed by atoms with Crippen molar-refractivity contribution in [1.82, 2.24) is 0 Å². The van der Waals surface area contributed by atoms with Gasteiger partial charge in [0, 0.05) is 11.2 Å². The highest BCUT2D eigenvalue weighted by Crippen LogP contribution is 2.47. The van der Waals surface area contributed by atoms with Gasteiger partial charge in [-0.15, -0.1) is 0 Å². The molecule has 0 saturated carbocycles. The molecule has 0 amide bonds. The Balaban J connectivity index is 2.62. The average Bonchev–Trinajstić information content (AvgIpc) is 1.88. The SMILES string of the molecule is CS(O)(O)C1=CCCCC1. The van der Waals surface area contributed by atoms with Crippen LogP contribution in [-0.2, 0) is 0 Å². The van der Waals surface area contributed by atoms with Crippen LogP contribution in [-0.4, -0.2) is 15.4 Å². The molecule has 0 radical (unpaired) electrons. The Labute approximate surface area is 63.3 Å². The van der Waals surface area contributed by atoms with Crippen LogP contribution >= 0.6 is 10.6 Å². The van der Waals surface area contributed by atoms with E-state index in [0.29, 0.717) is 0 Å². The van der Waals surface area contributed by atoms with Crippen molar-refractivity contribution in [2.45, 2.75) is 25.7 Å². The first kappa shape index (κ1) is 8.11. The topological polar surface area (TPSA) is 40.5 Å². The van der Waals surface area contributed by atoms with Crippen molar-refractivity contribution < 1.29 is 9.11 Å². The maximum Gasteiger partial charge on any atom is 0.0315 e. The minimum atomic E-state index is -2.36. The summed E-state index contributed by atoms with van der Waals surface area (Å²) in [5, 5.41) is 0. The molecule has 0 atom stereocenters. The summed E-state index contributed by atoms with van der Waals surface area (Å²) < 4.78 is 18.4. The van der Waals surface area contributed by atoms with Gasteiger partial charge < -0.3 is 0 Å². The van der Waals surface area contributed by atoms with E-state index in [0.717, 1.165) is 24.2 Å². The third-order valence-corrected chi connectivity index (χ3v) is 3.11. The zero-order valence-corrected chi connectivity index (χ0v) is 7.02. The largest absolute Gasteiger partial charge is 0.295 e. The molecule has 1 rings (SSSR count). The van der Waals surface area contributed by atoms with Crippen molar-refractivity contribution in [3.8, 4) is 0 Å². The van der Waals surface area contributed by atoms with E-state index >= 15 is 0 Å². The number of hydrogen-bond donors (Lipinski definition) is 2. The van der Waals surface area contributed by atoms with Crippen LogP contribution in [0.2, 0.25) is 0 Å². The van der Waals surface area contributed by atoms with Gasteiger partial charge in [0.1, 0.15) is 0 Å². The van der Waals surface area contributed by atoms with E-state index in [4.69, 9.17) is 0 Å². The van der Waals surface area contributed by atoms with Crippen LogP contribution in [0.5, 0.6) is 0 Å². The van der Waals surface area contributed by atoms with Gasteiger partial charge >= 0.3 is 0 Å². The van der Waals surface area contributed by atoms with Crippen molar-refractivity contribution in [3.05, 3.63) is 11.0 Å². The first-order chi connectivity index (χ1) is 4.61. The summed E-state index contributed by atoms with van der Waals surface area (Å²) in [4.78, 5) is 0.860. The molecular weight excluding hydrogens is 148 g/mol. The molecule has 1 aliphatic rings. The molecule has 0 fully saturated rings. The fourth-order valence-electron chi connectivity index (χ4n) is 1.16. The van der Waals surface area contributed by atoms with E-state index in [9.17, 15) is 9.11 Å². The summed E-state index contributed by atoms with van der Waals surface area (Å²) in [6.45, 7) is 0. The van der Waals surface area contributed by atoms with Crippen LogP contribution in [0.3, 0.4) is 0 Å². The second kappa shape index (κ2) is 2.95. The van der Waals surface area contributed by atoms with E-state index in [-0.39, 0.29) is 0 Å². The predicted molar refractivity (Wildman–Crippen MR) is 45.3 cm³/mol. The fraction of sp³-hybridized carbons (Fsp3) is 0.714. The van der Waals surface area contributed by atoms with Gasteiger partial charge in [-0.2, -0.15) is 10.6 Å². The molecule has 0 aromatic carbocycles. The fourth-order valence-corrected chi connectivity index (χ4v) is 2.12. The zero-order valence-electron chi connectivity index (χ0n) is 6.21. The summed E-state index contributed by atoms with van der Waals surface area (Å²) in [5.74, 6) is 0. The smallest absolute Gasteiger partial charge is 0.0315 e. The van der Waals surface area contributed by atoms with Crippen LogP contribution < -0.4 is 0 Å². The normalized spacial score (nSPS) is 22.1. The van der Waals surface area contributed by atoms with Crippen molar-refractivity contribution in [2.75, 3.05) is 6.26 Å². The molecule has 0 saturated heterocycles. The summed E-state index contributed by atoms with van der Waals surface area (Å²) in [5.41, 5.74) is 0. The molecule has 0 spiro atoms. The second-order valence-electron chi connectivity index (χ2n) is 2.75. The molecule has 2 nitrogen and oxygen atoms in total. The Morgan fingerprint density at radius 2 is 2.10 bits per heavy atom. The molecule has 0 bridgehead atoms. The minimum Gasteiger partial charge on any atom is -0.295 e. The lowest BCUT2D eigenvalue weighted by atomic mass is 10.1. The van der Waals surface area contributed by atoms with Crippen LogP contribution in [0.25, 0.3) is 0 Å². The minimum absolute atomic E-state index is 0.860. The molecule has 60 valence electrons. The predicted octanol–water partition coefficient (Wildman–Crippen LogP) is 2.82. The van der Waals surface area contributed by atoms with Crippen LogP contribution in [0.15, 0.2) is 11.0 Å². The zero-order chi connectivity index (χ0) is 7.61. The highest BCUT2D eigenvalue weighted by molar-refractivity contribution is 8.27. The molecule has 0 aromatic heterocycles. The molecule has 0 heterocycles. The molecule has 0 aliphatic heterocycles. The van der Waals surface area contributed by atoms with Gasteiger partial charge in [-0.3, -0.25) is 9.11 Å². The van der Waals surface area contributed by atoms with Crippen molar-refractivity contribution in [3.63, 3.8) is 0 Å². The van der Waals surface area contributed by atoms with Crippen LogP contribution in [0.4, 0.5) is 0 Å². The maximum absolute atomic E-state index is 9.21. The highest BCUT2D eigenvalue weighted by atomic mass is 32.3. The third-order valence-electron chi connectivity index (χ3n) is 1.75.